The van der Waals surface area contributed by atoms with E-state index in [0.717, 1.165) is 16.2 Å². The molecule has 4 rings (SSSR count). The first-order valence-electron chi connectivity index (χ1n) is 8.98. The van der Waals surface area contributed by atoms with Crippen LogP contribution in [0.5, 0.6) is 0 Å². The van der Waals surface area contributed by atoms with Gasteiger partial charge in [-0.2, -0.15) is 0 Å². The van der Waals surface area contributed by atoms with Gasteiger partial charge in [-0.1, -0.05) is 17.8 Å². The number of hydrogen-bond donors (Lipinski definition) is 1. The molecule has 0 saturated carbocycles. The Morgan fingerprint density at radius 3 is 2.76 bits per heavy atom. The number of carbonyl (C=O) groups excluding carboxylic acids is 3. The summed E-state index contributed by atoms with van der Waals surface area (Å²) in [5, 5.41) is 26.7. The SMILES string of the molecule is Cn1nnnc1SCC1=C(C(=O)[O-])N2C(=O)C(NC(=O)CS(=O)(=O)c3cccs3)[C@@H]2SC1.[Na+]. The molecule has 2 aliphatic heterocycles. The number of amides is 2. The van der Waals surface area contributed by atoms with Gasteiger partial charge in [0.15, 0.2) is 9.84 Å². The number of thiophene rings is 1. The topological polar surface area (TPSA) is 167 Å². The molecule has 1 fully saturated rings. The summed E-state index contributed by atoms with van der Waals surface area (Å²) < 4.78 is 26.0. The van der Waals surface area contributed by atoms with Crippen LogP contribution in [-0.2, 0) is 31.3 Å². The van der Waals surface area contributed by atoms with E-state index in [1.165, 1.54) is 34.3 Å². The molecular weight excluding hydrogens is 523 g/mol. The summed E-state index contributed by atoms with van der Waals surface area (Å²) in [4.78, 5) is 37.8. The Kier molecular flexibility index (Phi) is 8.29. The first-order chi connectivity index (χ1) is 15.2. The van der Waals surface area contributed by atoms with Crippen molar-refractivity contribution in [3.8, 4) is 0 Å². The summed E-state index contributed by atoms with van der Waals surface area (Å²) in [5.74, 6) is -3.24. The number of thioether (sulfide) groups is 2. The molecule has 0 bridgehead atoms. The predicted molar refractivity (Wildman–Crippen MR) is 113 cm³/mol. The largest absolute Gasteiger partial charge is 1.00 e. The fraction of sp³-hybridized carbons (Fsp3) is 0.375. The van der Waals surface area contributed by atoms with Crippen molar-refractivity contribution in [3.05, 3.63) is 28.8 Å². The number of nitrogens with one attached hydrogen (secondary N) is 1. The smallest absolute Gasteiger partial charge is 0.543 e. The molecule has 2 aliphatic rings. The number of nitrogens with zero attached hydrogens (tertiary/aromatic N) is 5. The van der Waals surface area contributed by atoms with Crippen molar-refractivity contribution < 1.29 is 57.5 Å². The van der Waals surface area contributed by atoms with Gasteiger partial charge in [0.25, 0.3) is 5.91 Å². The average molecular weight is 539 g/mol. The number of aromatic nitrogens is 4. The van der Waals surface area contributed by atoms with E-state index in [4.69, 9.17) is 0 Å². The molecule has 2 amide bonds. The molecule has 17 heteroatoms. The predicted octanol–water partition coefficient (Wildman–Crippen LogP) is -4.75. The fourth-order valence-electron chi connectivity index (χ4n) is 3.18. The van der Waals surface area contributed by atoms with Crippen LogP contribution in [0.25, 0.3) is 0 Å². The molecule has 1 saturated heterocycles. The van der Waals surface area contributed by atoms with Crippen LogP contribution in [0.4, 0.5) is 0 Å². The third kappa shape index (κ3) is 5.31. The molecule has 0 radical (unpaired) electrons. The van der Waals surface area contributed by atoms with E-state index in [9.17, 15) is 27.9 Å². The van der Waals surface area contributed by atoms with Gasteiger partial charge < -0.3 is 15.2 Å². The summed E-state index contributed by atoms with van der Waals surface area (Å²) in [5.41, 5.74) is 0.232. The maximum atomic E-state index is 12.7. The Labute approximate surface area is 222 Å². The van der Waals surface area contributed by atoms with E-state index in [0.29, 0.717) is 10.7 Å². The first-order valence-corrected chi connectivity index (χ1v) is 13.5. The van der Waals surface area contributed by atoms with Crippen molar-refractivity contribution in [3.63, 3.8) is 0 Å². The minimum absolute atomic E-state index is 0. The second-order valence-corrected chi connectivity index (χ2v) is 12.0. The van der Waals surface area contributed by atoms with Gasteiger partial charge in [0.1, 0.15) is 21.4 Å². The molecule has 2 aromatic rings. The van der Waals surface area contributed by atoms with Crippen LogP contribution in [0.1, 0.15) is 0 Å². The number of fused-ring (bicyclic) bond motifs is 1. The van der Waals surface area contributed by atoms with Crippen molar-refractivity contribution in [1.29, 1.82) is 0 Å². The fourth-order valence-corrected chi connectivity index (χ4v) is 7.75. The van der Waals surface area contributed by atoms with Crippen molar-refractivity contribution in [2.45, 2.75) is 20.8 Å². The second kappa shape index (κ2) is 10.5. The maximum absolute atomic E-state index is 12.7. The number of aliphatic carboxylic acids is 1. The molecule has 1 N–H and O–H groups in total. The molecule has 0 aromatic carbocycles. The van der Waals surface area contributed by atoms with Crippen LogP contribution in [0.2, 0.25) is 0 Å². The number of aryl methyl sites for hydroxylation is 1. The molecule has 12 nitrogen and oxygen atoms in total. The summed E-state index contributed by atoms with van der Waals surface area (Å²) in [6.07, 6.45) is 0. The van der Waals surface area contributed by atoms with Crippen molar-refractivity contribution >= 4 is 62.5 Å². The van der Waals surface area contributed by atoms with Gasteiger partial charge in [0.05, 0.1) is 11.7 Å². The summed E-state index contributed by atoms with van der Waals surface area (Å²) >= 11 is 3.49. The normalized spacial score (nSPS) is 20.0. The van der Waals surface area contributed by atoms with Crippen molar-refractivity contribution in [1.82, 2.24) is 30.4 Å². The van der Waals surface area contributed by atoms with Gasteiger partial charge in [-0.25, -0.2) is 13.1 Å². The quantitative estimate of drug-likeness (QED) is 0.195. The Hall–Kier alpha value is -1.43. The summed E-state index contributed by atoms with van der Waals surface area (Å²) in [6.45, 7) is 0. The van der Waals surface area contributed by atoms with Crippen molar-refractivity contribution in [2.75, 3.05) is 17.3 Å². The van der Waals surface area contributed by atoms with Crippen molar-refractivity contribution in [2.24, 2.45) is 7.05 Å². The molecule has 170 valence electrons. The number of β-lactam (4-membered cyclic amide) rings is 1. The Morgan fingerprint density at radius 1 is 1.39 bits per heavy atom. The molecule has 4 heterocycles. The molecule has 33 heavy (non-hydrogen) atoms. The third-order valence-electron chi connectivity index (χ3n) is 4.64. The number of tetrazole rings is 1. The molecule has 0 spiro atoms. The minimum Gasteiger partial charge on any atom is -0.543 e. The van der Waals surface area contributed by atoms with E-state index in [1.807, 2.05) is 0 Å². The van der Waals surface area contributed by atoms with Crippen LogP contribution in [0.15, 0.2) is 38.1 Å². The maximum Gasteiger partial charge on any atom is 1.00 e. The van der Waals surface area contributed by atoms with E-state index in [-0.39, 0.29) is 51.0 Å². The standard InChI is InChI=1S/C16H16N6O6S4.Na/c1-21-16(18-19-20-21)31-6-8-5-30-14-11(13(24)22(14)12(8)15(25)26)17-9(23)7-32(27,28)10-3-2-4-29-10;/h2-4,11,14H,5-7H2,1H3,(H,17,23)(H,25,26);/q;+1/p-1/t11?,14-;/m0./s1. The number of sulfone groups is 1. The van der Waals surface area contributed by atoms with Crippen LogP contribution >= 0.6 is 34.9 Å². The zero-order chi connectivity index (χ0) is 23.0. The van der Waals surface area contributed by atoms with Gasteiger partial charge >= 0.3 is 29.6 Å². The second-order valence-electron chi connectivity index (χ2n) is 6.76. The molecule has 1 unspecified atom stereocenters. The van der Waals surface area contributed by atoms with Gasteiger partial charge in [0.2, 0.25) is 11.1 Å². The van der Waals surface area contributed by atoms with Crippen LogP contribution in [0.3, 0.4) is 0 Å². The minimum atomic E-state index is -3.82. The number of carbonyl (C=O) groups is 3. The summed E-state index contributed by atoms with van der Waals surface area (Å²) in [6, 6.07) is 1.94. The average Bonchev–Trinajstić information content (AvgIpc) is 3.41. The summed E-state index contributed by atoms with van der Waals surface area (Å²) in [7, 11) is -2.17. The number of rotatable bonds is 8. The Morgan fingerprint density at radius 2 is 2.15 bits per heavy atom. The molecule has 0 aliphatic carbocycles. The Balaban J connectivity index is 0.00000306. The van der Waals surface area contributed by atoms with Crippen LogP contribution in [-0.4, -0.2) is 80.0 Å². The van der Waals surface area contributed by atoms with E-state index in [2.05, 4.69) is 20.8 Å². The first kappa shape index (κ1) is 26.2. The zero-order valence-electron chi connectivity index (χ0n) is 17.3. The number of carboxylic acid groups (broad SMARTS) is 1. The third-order valence-corrected chi connectivity index (χ3v) is 10.2. The van der Waals surface area contributed by atoms with E-state index >= 15 is 0 Å². The molecular formula is C16H15N6NaO6S4. The molecule has 2 aromatic heterocycles. The monoisotopic (exact) mass is 538 g/mol. The van der Waals surface area contributed by atoms with E-state index < -0.39 is 44.8 Å². The van der Waals surface area contributed by atoms with Gasteiger partial charge in [-0.3, -0.25) is 14.5 Å². The molecule has 2 atom stereocenters. The Bertz CT molecular complexity index is 1210. The van der Waals surface area contributed by atoms with Gasteiger partial charge in [-0.05, 0) is 27.4 Å². The number of hydrogen-bond acceptors (Lipinski definition) is 12. The number of carboxylic acids is 1. The van der Waals surface area contributed by atoms with Crippen LogP contribution < -0.4 is 40.0 Å². The van der Waals surface area contributed by atoms with Gasteiger partial charge in [-0.15, -0.1) is 28.2 Å². The van der Waals surface area contributed by atoms with E-state index in [1.54, 1.807) is 18.5 Å². The van der Waals surface area contributed by atoms with Crippen LogP contribution in [0, 0.1) is 0 Å². The zero-order valence-corrected chi connectivity index (χ0v) is 22.6. The van der Waals surface area contributed by atoms with Gasteiger partial charge in [0, 0.05) is 18.6 Å².